The van der Waals surface area contributed by atoms with Crippen molar-refractivity contribution in [3.05, 3.63) is 41.2 Å². The van der Waals surface area contributed by atoms with E-state index in [-0.39, 0.29) is 11.8 Å². The second kappa shape index (κ2) is 4.44. The lowest BCUT2D eigenvalue weighted by Crippen LogP contribution is -2.37. The summed E-state index contributed by atoms with van der Waals surface area (Å²) in [5.74, 6) is 0.280. The van der Waals surface area contributed by atoms with Crippen molar-refractivity contribution in [1.82, 2.24) is 15.4 Å². The Labute approximate surface area is 117 Å². The van der Waals surface area contributed by atoms with E-state index < -0.39 is 0 Å². The lowest BCUT2D eigenvalue weighted by atomic mass is 9.88. The standard InChI is InChI=1S/C15H16N4O/c20-15(11-5-6-12-13(9-11)17-18-16-12)19-8-7-10-3-1-2-4-14(10)19/h1-4,11H,5-9H2,(H,16,17,18). The third-order valence-corrected chi connectivity index (χ3v) is 4.37. The van der Waals surface area contributed by atoms with E-state index in [1.165, 1.54) is 5.56 Å². The highest BCUT2D eigenvalue weighted by molar-refractivity contribution is 5.97. The molecule has 0 bridgehead atoms. The highest BCUT2D eigenvalue weighted by atomic mass is 16.2. The van der Waals surface area contributed by atoms with Crippen LogP contribution in [0.5, 0.6) is 0 Å². The van der Waals surface area contributed by atoms with Crippen LogP contribution in [0.2, 0.25) is 0 Å². The Morgan fingerprint density at radius 2 is 2.05 bits per heavy atom. The van der Waals surface area contributed by atoms with Crippen LogP contribution in [0, 0.1) is 5.92 Å². The molecule has 0 fully saturated rings. The number of carbonyl (C=O) groups excluding carboxylic acids is 1. The van der Waals surface area contributed by atoms with E-state index in [1.807, 2.05) is 23.1 Å². The van der Waals surface area contributed by atoms with Gasteiger partial charge in [-0.2, -0.15) is 15.4 Å². The summed E-state index contributed by atoms with van der Waals surface area (Å²) in [6, 6.07) is 8.19. The molecular formula is C15H16N4O. The summed E-state index contributed by atoms with van der Waals surface area (Å²) in [6.45, 7) is 0.806. The van der Waals surface area contributed by atoms with Crippen LogP contribution < -0.4 is 4.90 Å². The Balaban J connectivity index is 1.58. The summed E-state index contributed by atoms with van der Waals surface area (Å²) in [5.41, 5.74) is 4.35. The first-order chi connectivity index (χ1) is 9.83. The third-order valence-electron chi connectivity index (χ3n) is 4.37. The summed E-state index contributed by atoms with van der Waals surface area (Å²) in [4.78, 5) is 14.7. The van der Waals surface area contributed by atoms with Crippen LogP contribution in [0.1, 0.15) is 23.4 Å². The van der Waals surface area contributed by atoms with E-state index in [0.717, 1.165) is 42.9 Å². The zero-order chi connectivity index (χ0) is 13.5. The molecule has 5 heteroatoms. The van der Waals surface area contributed by atoms with Gasteiger partial charge in [0, 0.05) is 24.6 Å². The Morgan fingerprint density at radius 3 is 3.00 bits per heavy atom. The fourth-order valence-corrected chi connectivity index (χ4v) is 3.28. The average molecular weight is 268 g/mol. The lowest BCUT2D eigenvalue weighted by molar-refractivity contribution is -0.122. The molecule has 0 saturated carbocycles. The number of anilines is 1. The molecule has 2 heterocycles. The minimum absolute atomic E-state index is 0.0405. The van der Waals surface area contributed by atoms with Crippen molar-refractivity contribution in [1.29, 1.82) is 0 Å². The van der Waals surface area contributed by atoms with Crippen LogP contribution in [-0.4, -0.2) is 27.9 Å². The first-order valence-electron chi connectivity index (χ1n) is 7.11. The molecule has 1 aromatic heterocycles. The van der Waals surface area contributed by atoms with Crippen molar-refractivity contribution in [3.63, 3.8) is 0 Å². The number of carbonyl (C=O) groups is 1. The number of aryl methyl sites for hydroxylation is 1. The predicted octanol–water partition coefficient (Wildman–Crippen LogP) is 1.50. The molecule has 2 aliphatic rings. The SMILES string of the molecule is O=C(C1CCc2n[nH]nc2C1)N1CCc2ccccc21. The Bertz CT molecular complexity index is 663. The van der Waals surface area contributed by atoms with E-state index >= 15 is 0 Å². The summed E-state index contributed by atoms with van der Waals surface area (Å²) >= 11 is 0. The highest BCUT2D eigenvalue weighted by Gasteiger charge is 2.33. The van der Waals surface area contributed by atoms with Gasteiger partial charge in [-0.1, -0.05) is 18.2 Å². The zero-order valence-corrected chi connectivity index (χ0v) is 11.2. The molecule has 1 N–H and O–H groups in total. The number of rotatable bonds is 1. The van der Waals surface area contributed by atoms with Crippen LogP contribution in [0.25, 0.3) is 0 Å². The smallest absolute Gasteiger partial charge is 0.230 e. The molecular weight excluding hydrogens is 252 g/mol. The average Bonchev–Trinajstić information content (AvgIpc) is 3.12. The molecule has 1 aromatic carbocycles. The van der Waals surface area contributed by atoms with Gasteiger partial charge >= 0.3 is 0 Å². The van der Waals surface area contributed by atoms with Gasteiger partial charge in [0.15, 0.2) is 0 Å². The molecule has 2 aromatic rings. The number of aromatic amines is 1. The molecule has 5 nitrogen and oxygen atoms in total. The normalized spacial score (nSPS) is 20.6. The molecule has 1 atom stereocenters. The van der Waals surface area contributed by atoms with Gasteiger partial charge in [-0.25, -0.2) is 0 Å². The van der Waals surface area contributed by atoms with Crippen LogP contribution in [0.4, 0.5) is 5.69 Å². The van der Waals surface area contributed by atoms with Gasteiger partial charge in [-0.05, 0) is 30.9 Å². The number of hydrogen-bond acceptors (Lipinski definition) is 3. The number of aromatic nitrogens is 3. The lowest BCUT2D eigenvalue weighted by Gasteiger charge is -2.25. The molecule has 1 aliphatic carbocycles. The van der Waals surface area contributed by atoms with Gasteiger partial charge in [-0.3, -0.25) is 4.79 Å². The largest absolute Gasteiger partial charge is 0.312 e. The van der Waals surface area contributed by atoms with Gasteiger partial charge < -0.3 is 4.90 Å². The maximum atomic E-state index is 12.8. The van der Waals surface area contributed by atoms with E-state index in [2.05, 4.69) is 21.5 Å². The summed E-state index contributed by atoms with van der Waals surface area (Å²) in [7, 11) is 0. The van der Waals surface area contributed by atoms with Crippen molar-refractivity contribution in [2.45, 2.75) is 25.7 Å². The first kappa shape index (κ1) is 11.6. The van der Waals surface area contributed by atoms with Gasteiger partial charge in [0.2, 0.25) is 5.91 Å². The van der Waals surface area contributed by atoms with Gasteiger partial charge in [-0.15, -0.1) is 0 Å². The number of hydrogen-bond donors (Lipinski definition) is 1. The maximum Gasteiger partial charge on any atom is 0.230 e. The maximum absolute atomic E-state index is 12.8. The van der Waals surface area contributed by atoms with Crippen molar-refractivity contribution in [3.8, 4) is 0 Å². The van der Waals surface area contributed by atoms with Crippen LogP contribution in [0.15, 0.2) is 24.3 Å². The highest BCUT2D eigenvalue weighted by Crippen LogP contribution is 2.31. The van der Waals surface area contributed by atoms with Gasteiger partial charge in [0.1, 0.15) is 0 Å². The monoisotopic (exact) mass is 268 g/mol. The Morgan fingerprint density at radius 1 is 1.20 bits per heavy atom. The fourth-order valence-electron chi connectivity index (χ4n) is 3.28. The van der Waals surface area contributed by atoms with Crippen LogP contribution in [0.3, 0.4) is 0 Å². The molecule has 20 heavy (non-hydrogen) atoms. The van der Waals surface area contributed by atoms with E-state index in [1.54, 1.807) is 0 Å². The predicted molar refractivity (Wildman–Crippen MR) is 74.4 cm³/mol. The summed E-state index contributed by atoms with van der Waals surface area (Å²) in [6.07, 6.45) is 3.39. The van der Waals surface area contributed by atoms with Crippen molar-refractivity contribution < 1.29 is 4.79 Å². The molecule has 1 amide bonds. The summed E-state index contributed by atoms with van der Waals surface area (Å²) < 4.78 is 0. The van der Waals surface area contributed by atoms with Crippen LogP contribution >= 0.6 is 0 Å². The number of nitrogens with zero attached hydrogens (tertiary/aromatic N) is 3. The first-order valence-corrected chi connectivity index (χ1v) is 7.11. The van der Waals surface area contributed by atoms with Crippen LogP contribution in [-0.2, 0) is 24.1 Å². The number of benzene rings is 1. The molecule has 102 valence electrons. The minimum Gasteiger partial charge on any atom is -0.312 e. The molecule has 0 saturated heterocycles. The van der Waals surface area contributed by atoms with E-state index in [4.69, 9.17) is 0 Å². The van der Waals surface area contributed by atoms with Crippen molar-refractivity contribution in [2.75, 3.05) is 11.4 Å². The molecule has 1 unspecified atom stereocenters. The van der Waals surface area contributed by atoms with E-state index in [0.29, 0.717) is 6.42 Å². The fraction of sp³-hybridized carbons (Fsp3) is 0.400. The van der Waals surface area contributed by atoms with Crippen molar-refractivity contribution >= 4 is 11.6 Å². The molecule has 4 rings (SSSR count). The minimum atomic E-state index is 0.0405. The molecule has 1 aliphatic heterocycles. The van der Waals surface area contributed by atoms with Gasteiger partial charge in [0.05, 0.1) is 11.4 Å². The summed E-state index contributed by atoms with van der Waals surface area (Å²) in [5, 5.41) is 10.9. The number of para-hydroxylation sites is 1. The van der Waals surface area contributed by atoms with E-state index in [9.17, 15) is 4.79 Å². The van der Waals surface area contributed by atoms with Crippen molar-refractivity contribution in [2.24, 2.45) is 5.92 Å². The number of nitrogens with one attached hydrogen (secondary N) is 1. The quantitative estimate of drug-likeness (QED) is 0.852. The number of H-pyrrole nitrogens is 1. The second-order valence-corrected chi connectivity index (χ2v) is 5.53. The Hall–Kier alpha value is -2.17. The zero-order valence-electron chi connectivity index (χ0n) is 11.2. The third kappa shape index (κ3) is 1.73. The molecule has 0 radical (unpaired) electrons. The Kier molecular flexibility index (Phi) is 2.58. The number of fused-ring (bicyclic) bond motifs is 2. The topological polar surface area (TPSA) is 61.9 Å². The number of amides is 1. The molecule has 0 spiro atoms. The van der Waals surface area contributed by atoms with Gasteiger partial charge in [0.25, 0.3) is 0 Å². The second-order valence-electron chi connectivity index (χ2n) is 5.53.